The monoisotopic (exact) mass is 440 g/mol. The number of phenolic OH excluding ortho intramolecular Hbond substituents is 1. The lowest BCUT2D eigenvalue weighted by molar-refractivity contribution is -0.406. The summed E-state index contributed by atoms with van der Waals surface area (Å²) in [7, 11) is 1.64. The zero-order valence-corrected chi connectivity index (χ0v) is 18.4. The number of fused-ring (bicyclic) bond motifs is 1. The summed E-state index contributed by atoms with van der Waals surface area (Å²) in [6.45, 7) is 0.448. The highest BCUT2D eigenvalue weighted by molar-refractivity contribution is 6.02. The maximum atomic E-state index is 13.4. The summed E-state index contributed by atoms with van der Waals surface area (Å²) in [6, 6.07) is 24.8. The van der Waals surface area contributed by atoms with Crippen molar-refractivity contribution in [2.24, 2.45) is 0 Å². The van der Waals surface area contributed by atoms with E-state index in [9.17, 15) is 9.90 Å². The molecule has 1 saturated heterocycles. The van der Waals surface area contributed by atoms with Crippen LogP contribution in [0.2, 0.25) is 0 Å². The summed E-state index contributed by atoms with van der Waals surface area (Å²) in [5, 5.41) is 13.2. The molecule has 2 aliphatic rings. The maximum absolute atomic E-state index is 13.4. The molecule has 2 heterocycles. The van der Waals surface area contributed by atoms with E-state index in [0.29, 0.717) is 19.4 Å². The lowest BCUT2D eigenvalue weighted by atomic mass is 10.0. The number of allylic oxidation sites excluding steroid dienone is 1. The number of hydrogen-bond acceptors (Lipinski definition) is 4. The van der Waals surface area contributed by atoms with Crippen molar-refractivity contribution in [2.45, 2.75) is 18.9 Å². The first-order valence-electron chi connectivity index (χ1n) is 11.0. The Morgan fingerprint density at radius 3 is 2.42 bits per heavy atom. The molecule has 0 bridgehead atoms. The summed E-state index contributed by atoms with van der Waals surface area (Å²) in [4.78, 5) is 18.8. The van der Waals surface area contributed by atoms with Gasteiger partial charge in [-0.15, -0.1) is 0 Å². The van der Waals surface area contributed by atoms with Gasteiger partial charge in [0.25, 0.3) is 5.91 Å². The third kappa shape index (κ3) is 4.32. The molecule has 0 aliphatic carbocycles. The Kier molecular flexibility index (Phi) is 5.57. The van der Waals surface area contributed by atoms with Crippen LogP contribution < -0.4 is 15.0 Å². The van der Waals surface area contributed by atoms with E-state index < -0.39 is 0 Å². The first-order valence-corrected chi connectivity index (χ1v) is 11.0. The molecule has 166 valence electrons. The third-order valence-electron chi connectivity index (χ3n) is 6.09. The minimum Gasteiger partial charge on any atom is -0.508 e. The second kappa shape index (κ2) is 8.82. The number of nitrogens with zero attached hydrogens (tertiary/aromatic N) is 1. The van der Waals surface area contributed by atoms with Crippen LogP contribution in [-0.4, -0.2) is 41.3 Å². The minimum absolute atomic E-state index is 0.0594. The Morgan fingerprint density at radius 2 is 1.73 bits per heavy atom. The number of rotatable bonds is 6. The average Bonchev–Trinajstić information content (AvgIpc) is 3.16. The van der Waals surface area contributed by atoms with Gasteiger partial charge in [0.1, 0.15) is 24.1 Å². The van der Waals surface area contributed by atoms with Crippen LogP contribution in [0.25, 0.3) is 0 Å². The van der Waals surface area contributed by atoms with Crippen LogP contribution in [0.3, 0.4) is 0 Å². The van der Waals surface area contributed by atoms with E-state index in [1.807, 2.05) is 59.5 Å². The van der Waals surface area contributed by atoms with Crippen LogP contribution in [0.5, 0.6) is 11.5 Å². The molecule has 0 spiro atoms. The number of hydrogen-bond donors (Lipinski definition) is 3. The summed E-state index contributed by atoms with van der Waals surface area (Å²) in [5.74, 6) is 1.91. The van der Waals surface area contributed by atoms with Crippen LogP contribution >= 0.6 is 0 Å². The molecule has 0 radical (unpaired) electrons. The fraction of sp³-hybridized carbons (Fsp3) is 0.185. The van der Waals surface area contributed by atoms with E-state index in [1.165, 1.54) is 0 Å². The van der Waals surface area contributed by atoms with Gasteiger partial charge in [0.15, 0.2) is 5.82 Å². The van der Waals surface area contributed by atoms with Gasteiger partial charge in [-0.25, -0.2) is 4.99 Å². The first kappa shape index (κ1) is 20.8. The van der Waals surface area contributed by atoms with Gasteiger partial charge in [-0.3, -0.25) is 9.69 Å². The molecule has 3 aromatic carbocycles. The summed E-state index contributed by atoms with van der Waals surface area (Å²) in [6.07, 6.45) is 1.26. The number of ether oxygens (including phenoxy) is 1. The van der Waals surface area contributed by atoms with E-state index in [2.05, 4.69) is 22.4 Å². The molecular weight excluding hydrogens is 414 g/mol. The van der Waals surface area contributed by atoms with E-state index in [0.717, 1.165) is 39.7 Å². The topological polar surface area (TPSA) is 75.8 Å². The van der Waals surface area contributed by atoms with Crippen molar-refractivity contribution < 1.29 is 19.6 Å². The highest BCUT2D eigenvalue weighted by atomic mass is 16.5. The maximum Gasteiger partial charge on any atom is 0.251 e. The number of carbonyl (C=O) groups is 1. The number of methoxy groups -OCH3 is 1. The molecule has 6 nitrogen and oxygen atoms in total. The molecule has 1 fully saturated rings. The summed E-state index contributed by atoms with van der Waals surface area (Å²) in [5.41, 5.74) is 5.07. The van der Waals surface area contributed by atoms with Crippen LogP contribution in [-0.2, 0) is 17.6 Å². The highest BCUT2D eigenvalue weighted by Crippen LogP contribution is 2.23. The Morgan fingerprint density at radius 1 is 1.00 bits per heavy atom. The summed E-state index contributed by atoms with van der Waals surface area (Å²) < 4.78 is 5.24. The van der Waals surface area contributed by atoms with Crippen LogP contribution in [0.15, 0.2) is 90.4 Å². The predicted molar refractivity (Wildman–Crippen MR) is 126 cm³/mol. The van der Waals surface area contributed by atoms with Crippen molar-refractivity contribution in [3.63, 3.8) is 0 Å². The number of carbonyl (C=O) groups excluding carboxylic acids is 1. The van der Waals surface area contributed by atoms with Crippen LogP contribution in [0.1, 0.15) is 16.7 Å². The Balaban J connectivity index is 1.46. The van der Waals surface area contributed by atoms with Gasteiger partial charge >= 0.3 is 0 Å². The molecule has 0 aromatic heterocycles. The standard InChI is InChI=1S/C27H25N3O3/c1-33-22-13-7-19(8-14-22)16-24-27(32)30-17-25(20-9-11-21(31)12-10-20)28-23(26(30)29-24)15-18-5-3-2-4-6-18/h2-14,24,29,31H,15-17H2,1H3/p+1. The second-order valence-electron chi connectivity index (χ2n) is 8.31. The largest absolute Gasteiger partial charge is 0.508 e. The van der Waals surface area contributed by atoms with E-state index in [1.54, 1.807) is 19.2 Å². The summed E-state index contributed by atoms with van der Waals surface area (Å²) >= 11 is 0. The SMILES string of the molecule is COc1ccc(CC2NC3=C(Cc4ccccc4)[NH+]=C(c4ccc(O)cc4)CN3C2=O)cc1. The number of phenols is 1. The molecule has 3 N–H and O–H groups in total. The number of nitrogens with one attached hydrogen (secondary N) is 2. The smallest absolute Gasteiger partial charge is 0.251 e. The molecule has 5 rings (SSSR count). The van der Waals surface area contributed by atoms with Gasteiger partial charge in [-0.1, -0.05) is 42.5 Å². The van der Waals surface area contributed by atoms with Gasteiger partial charge in [0, 0.05) is 12.0 Å². The van der Waals surface area contributed by atoms with Crippen molar-refractivity contribution in [3.05, 3.63) is 107 Å². The molecule has 3 aromatic rings. The van der Waals surface area contributed by atoms with E-state index >= 15 is 0 Å². The fourth-order valence-corrected chi connectivity index (χ4v) is 4.34. The normalized spacial score (nSPS) is 17.5. The van der Waals surface area contributed by atoms with Crippen LogP contribution in [0.4, 0.5) is 0 Å². The Hall–Kier alpha value is -4.06. The molecule has 6 heteroatoms. The molecule has 2 aliphatic heterocycles. The lowest BCUT2D eigenvalue weighted by Crippen LogP contribution is -2.76. The molecule has 1 atom stereocenters. The number of amides is 1. The Labute approximate surface area is 192 Å². The molecular formula is C27H26N3O3+. The van der Waals surface area contributed by atoms with Gasteiger partial charge in [0.05, 0.1) is 13.5 Å². The molecule has 33 heavy (non-hydrogen) atoms. The van der Waals surface area contributed by atoms with Crippen molar-refractivity contribution >= 4 is 11.6 Å². The average molecular weight is 441 g/mol. The molecule has 0 saturated carbocycles. The number of aromatic hydroxyl groups is 1. The van der Waals surface area contributed by atoms with Gasteiger partial charge in [-0.05, 0) is 47.5 Å². The van der Waals surface area contributed by atoms with Crippen molar-refractivity contribution in [3.8, 4) is 11.5 Å². The highest BCUT2D eigenvalue weighted by Gasteiger charge is 2.42. The number of benzene rings is 3. The zero-order valence-electron chi connectivity index (χ0n) is 18.4. The fourth-order valence-electron chi connectivity index (χ4n) is 4.34. The van der Waals surface area contributed by atoms with Crippen molar-refractivity contribution in [1.82, 2.24) is 10.2 Å². The van der Waals surface area contributed by atoms with Crippen LogP contribution in [0, 0.1) is 0 Å². The molecule has 1 unspecified atom stereocenters. The second-order valence-corrected chi connectivity index (χ2v) is 8.31. The molecule has 1 amide bonds. The van der Waals surface area contributed by atoms with E-state index in [4.69, 9.17) is 4.74 Å². The van der Waals surface area contributed by atoms with E-state index in [-0.39, 0.29) is 17.7 Å². The Bertz CT molecular complexity index is 1220. The zero-order chi connectivity index (χ0) is 22.8. The van der Waals surface area contributed by atoms with Gasteiger partial charge in [-0.2, -0.15) is 0 Å². The van der Waals surface area contributed by atoms with Gasteiger partial charge < -0.3 is 15.2 Å². The first-order chi connectivity index (χ1) is 16.1. The third-order valence-corrected chi connectivity index (χ3v) is 6.09. The van der Waals surface area contributed by atoms with Gasteiger partial charge in [0.2, 0.25) is 11.4 Å². The minimum atomic E-state index is -0.333. The van der Waals surface area contributed by atoms with Crippen molar-refractivity contribution in [1.29, 1.82) is 0 Å². The lowest BCUT2D eigenvalue weighted by Gasteiger charge is -2.20. The quantitative estimate of drug-likeness (QED) is 0.546. The predicted octanol–water partition coefficient (Wildman–Crippen LogP) is 1.74. The van der Waals surface area contributed by atoms with Crippen molar-refractivity contribution in [2.75, 3.05) is 13.7 Å².